The Balaban J connectivity index is 2.32. The fourth-order valence-electron chi connectivity index (χ4n) is 1.53. The van der Waals surface area contributed by atoms with Gasteiger partial charge in [-0.1, -0.05) is 11.8 Å². The highest BCUT2D eigenvalue weighted by atomic mass is 32.2. The Kier molecular flexibility index (Phi) is 4.01. The summed E-state index contributed by atoms with van der Waals surface area (Å²) in [6.45, 7) is 0. The molecule has 2 aromatic rings. The summed E-state index contributed by atoms with van der Waals surface area (Å²) in [5.74, 6) is -1.53. The summed E-state index contributed by atoms with van der Waals surface area (Å²) in [4.78, 5) is 1.06. The van der Waals surface area contributed by atoms with Crippen LogP contribution in [0.4, 0.5) is 14.5 Å². The molecular weight excluding hydrogens is 304 g/mol. The number of anilines is 1. The van der Waals surface area contributed by atoms with Gasteiger partial charge >= 0.3 is 0 Å². The van der Waals surface area contributed by atoms with Gasteiger partial charge in [0.15, 0.2) is 9.84 Å². The van der Waals surface area contributed by atoms with E-state index in [0.29, 0.717) is 11.0 Å². The zero-order valence-electron chi connectivity index (χ0n) is 10.4. The number of rotatable bonds is 3. The number of halogens is 2. The Bertz CT molecular complexity index is 744. The second kappa shape index (κ2) is 5.41. The molecule has 0 saturated carbocycles. The number of nitrogens with two attached hydrogens (primary N) is 1. The van der Waals surface area contributed by atoms with Crippen molar-refractivity contribution >= 4 is 27.3 Å². The predicted octanol–water partition coefficient (Wildman–Crippen LogP) is 3.10. The quantitative estimate of drug-likeness (QED) is 0.884. The van der Waals surface area contributed by atoms with Crippen LogP contribution in [0.1, 0.15) is 0 Å². The van der Waals surface area contributed by atoms with Crippen LogP contribution in [0.5, 0.6) is 0 Å². The molecule has 0 atom stereocenters. The van der Waals surface area contributed by atoms with Gasteiger partial charge in [0.05, 0.1) is 10.6 Å². The van der Waals surface area contributed by atoms with E-state index in [1.54, 1.807) is 12.1 Å². The van der Waals surface area contributed by atoms with E-state index < -0.39 is 21.5 Å². The zero-order chi connectivity index (χ0) is 14.9. The van der Waals surface area contributed by atoms with Crippen LogP contribution < -0.4 is 5.73 Å². The van der Waals surface area contributed by atoms with E-state index in [2.05, 4.69) is 0 Å². The van der Waals surface area contributed by atoms with Gasteiger partial charge in [-0.2, -0.15) is 0 Å². The van der Waals surface area contributed by atoms with Crippen molar-refractivity contribution in [2.75, 3.05) is 12.0 Å². The first-order valence-corrected chi connectivity index (χ1v) is 8.20. The van der Waals surface area contributed by atoms with E-state index in [9.17, 15) is 17.2 Å². The maximum Gasteiger partial charge on any atom is 0.175 e. The van der Waals surface area contributed by atoms with Gasteiger partial charge in [0.2, 0.25) is 0 Å². The van der Waals surface area contributed by atoms with Crippen molar-refractivity contribution in [1.82, 2.24) is 0 Å². The van der Waals surface area contributed by atoms with Gasteiger partial charge < -0.3 is 5.73 Å². The molecule has 0 spiro atoms. The van der Waals surface area contributed by atoms with Gasteiger partial charge in [0, 0.05) is 22.1 Å². The third-order valence-corrected chi connectivity index (χ3v) is 4.73. The third kappa shape index (κ3) is 3.29. The van der Waals surface area contributed by atoms with E-state index in [0.717, 1.165) is 24.1 Å². The number of nitrogen functional groups attached to an aromatic ring is 1. The molecule has 0 aromatic heterocycles. The van der Waals surface area contributed by atoms with Crippen molar-refractivity contribution in [3.05, 3.63) is 48.0 Å². The highest BCUT2D eigenvalue weighted by Crippen LogP contribution is 2.34. The van der Waals surface area contributed by atoms with Crippen molar-refractivity contribution in [1.29, 1.82) is 0 Å². The third-order valence-electron chi connectivity index (χ3n) is 2.54. The molecule has 2 aromatic carbocycles. The predicted molar refractivity (Wildman–Crippen MR) is 74.4 cm³/mol. The van der Waals surface area contributed by atoms with Gasteiger partial charge in [-0.05, 0) is 30.3 Å². The van der Waals surface area contributed by atoms with Crippen molar-refractivity contribution in [2.45, 2.75) is 14.7 Å². The first-order chi connectivity index (χ1) is 9.27. The van der Waals surface area contributed by atoms with Crippen LogP contribution >= 0.6 is 11.8 Å². The zero-order valence-corrected chi connectivity index (χ0v) is 12.1. The van der Waals surface area contributed by atoms with Crippen LogP contribution in [-0.2, 0) is 9.84 Å². The first-order valence-electron chi connectivity index (χ1n) is 5.50. The molecule has 0 radical (unpaired) electrons. The average molecular weight is 315 g/mol. The monoisotopic (exact) mass is 315 g/mol. The molecule has 20 heavy (non-hydrogen) atoms. The molecule has 7 heteroatoms. The number of benzene rings is 2. The van der Waals surface area contributed by atoms with Crippen molar-refractivity contribution in [3.63, 3.8) is 0 Å². The van der Waals surface area contributed by atoms with Crippen LogP contribution in [0.2, 0.25) is 0 Å². The van der Waals surface area contributed by atoms with Crippen LogP contribution in [0.15, 0.2) is 51.1 Å². The lowest BCUT2D eigenvalue weighted by Gasteiger charge is -2.07. The molecular formula is C13H11F2NO2S2. The minimum absolute atomic E-state index is 0.136. The van der Waals surface area contributed by atoms with Gasteiger partial charge in [-0.25, -0.2) is 17.2 Å². The lowest BCUT2D eigenvalue weighted by Crippen LogP contribution is -1.96. The van der Waals surface area contributed by atoms with Crippen LogP contribution in [0.25, 0.3) is 0 Å². The molecule has 0 aliphatic heterocycles. The maximum atomic E-state index is 13.3. The highest BCUT2D eigenvalue weighted by molar-refractivity contribution is 7.99. The molecule has 2 rings (SSSR count). The fourth-order valence-corrected chi connectivity index (χ4v) is 3.06. The summed E-state index contributed by atoms with van der Waals surface area (Å²) >= 11 is 1.06. The Morgan fingerprint density at radius 3 is 2.25 bits per heavy atom. The first kappa shape index (κ1) is 14.8. The van der Waals surface area contributed by atoms with Crippen LogP contribution in [-0.4, -0.2) is 14.7 Å². The van der Waals surface area contributed by atoms with Gasteiger partial charge in [-0.3, -0.25) is 0 Å². The van der Waals surface area contributed by atoms with Gasteiger partial charge in [0.25, 0.3) is 0 Å². The highest BCUT2D eigenvalue weighted by Gasteiger charge is 2.11. The minimum atomic E-state index is -3.27. The summed E-state index contributed by atoms with van der Waals surface area (Å²) in [5, 5.41) is 0. The Hall–Kier alpha value is -1.60. The number of sulfone groups is 1. The van der Waals surface area contributed by atoms with Gasteiger partial charge in [-0.15, -0.1) is 0 Å². The number of hydrogen-bond donors (Lipinski definition) is 1. The smallest absolute Gasteiger partial charge is 0.175 e. The number of hydrogen-bond acceptors (Lipinski definition) is 4. The Morgan fingerprint density at radius 2 is 1.70 bits per heavy atom. The van der Waals surface area contributed by atoms with Crippen molar-refractivity contribution < 1.29 is 17.2 Å². The fraction of sp³-hybridized carbons (Fsp3) is 0.0769. The van der Waals surface area contributed by atoms with E-state index in [-0.39, 0.29) is 15.5 Å². The molecule has 0 aliphatic rings. The second-order valence-electron chi connectivity index (χ2n) is 4.15. The standard InChI is InChI=1S/C13H11F2NO2S2/c1-20(17,18)10-4-2-9(3-5-10)19-12-7-8(14)6-11(15)13(12)16/h2-7H,16H2,1H3. The minimum Gasteiger partial charge on any atom is -0.395 e. The maximum absolute atomic E-state index is 13.3. The summed E-state index contributed by atoms with van der Waals surface area (Å²) in [6.07, 6.45) is 1.11. The van der Waals surface area contributed by atoms with E-state index in [1.165, 1.54) is 12.1 Å². The molecule has 0 unspecified atom stereocenters. The normalized spacial score (nSPS) is 11.6. The molecule has 0 heterocycles. The summed E-state index contributed by atoms with van der Waals surface area (Å²) < 4.78 is 49.1. The lowest BCUT2D eigenvalue weighted by atomic mass is 10.3. The lowest BCUT2D eigenvalue weighted by molar-refractivity contribution is 0.581. The Morgan fingerprint density at radius 1 is 1.10 bits per heavy atom. The molecule has 0 aliphatic carbocycles. The second-order valence-corrected chi connectivity index (χ2v) is 7.28. The van der Waals surface area contributed by atoms with Crippen molar-refractivity contribution in [2.24, 2.45) is 0 Å². The molecule has 106 valence electrons. The average Bonchev–Trinajstić information content (AvgIpc) is 2.35. The molecule has 0 saturated heterocycles. The Labute approximate surface area is 119 Å². The molecule has 0 fully saturated rings. The molecule has 3 nitrogen and oxygen atoms in total. The molecule has 2 N–H and O–H groups in total. The van der Waals surface area contributed by atoms with E-state index in [1.807, 2.05) is 0 Å². The van der Waals surface area contributed by atoms with Gasteiger partial charge in [0.1, 0.15) is 11.6 Å². The summed E-state index contributed by atoms with van der Waals surface area (Å²) in [7, 11) is -3.27. The molecule has 0 amide bonds. The summed E-state index contributed by atoms with van der Waals surface area (Å²) in [5.41, 5.74) is 5.40. The van der Waals surface area contributed by atoms with Crippen molar-refractivity contribution in [3.8, 4) is 0 Å². The molecule has 0 bridgehead atoms. The van der Waals surface area contributed by atoms with Crippen LogP contribution in [0.3, 0.4) is 0 Å². The van der Waals surface area contributed by atoms with Crippen LogP contribution in [0, 0.1) is 11.6 Å². The SMILES string of the molecule is CS(=O)(=O)c1ccc(Sc2cc(F)cc(F)c2N)cc1. The topological polar surface area (TPSA) is 60.2 Å². The van der Waals surface area contributed by atoms with E-state index in [4.69, 9.17) is 5.73 Å². The van der Waals surface area contributed by atoms with E-state index >= 15 is 0 Å². The summed E-state index contributed by atoms with van der Waals surface area (Å²) in [6, 6.07) is 7.83. The largest absolute Gasteiger partial charge is 0.395 e.